The van der Waals surface area contributed by atoms with Crippen molar-refractivity contribution in [2.24, 2.45) is 17.5 Å². The van der Waals surface area contributed by atoms with Crippen LogP contribution in [0.1, 0.15) is 40.5 Å². The number of pyridine rings is 1. The van der Waals surface area contributed by atoms with Crippen LogP contribution >= 0.6 is 11.8 Å². The standard InChI is InChI=1S/C27H36N6O3S2/c1-18-23(30-38(35)26(2,3)4)27(17-36-18)9-13-33(14-10-27)25-29-15-22(20(16-34)32(25)6)37-21-7-11-28-24-19(21)8-12-31(24)5/h7-8,11-12,15,18,23,30H,9-10,13-14,17H2,1-6H3/t18-,23+,38?/m0/s1. The second-order valence-corrected chi connectivity index (χ2v) is 14.4. The number of carbonyl (C=O) groups excluding carboxylic acids is 1. The first-order valence-corrected chi connectivity index (χ1v) is 14.9. The lowest BCUT2D eigenvalue weighted by Crippen LogP contribution is -2.58. The number of fused-ring (bicyclic) bond motifs is 1. The molecule has 1 unspecified atom stereocenters. The van der Waals surface area contributed by atoms with Gasteiger partial charge in [-0.2, -0.15) is 0 Å². The summed E-state index contributed by atoms with van der Waals surface area (Å²) in [6.07, 6.45) is 7.31. The van der Waals surface area contributed by atoms with Gasteiger partial charge in [-0.05, 0) is 52.7 Å². The highest BCUT2D eigenvalue weighted by Crippen LogP contribution is 2.44. The molecule has 2 saturated heterocycles. The molecule has 3 atom stereocenters. The minimum absolute atomic E-state index is 0.000993. The molecular weight excluding hydrogens is 520 g/mol. The smallest absolute Gasteiger partial charge is 0.206 e. The Bertz CT molecular complexity index is 1320. The third-order valence-electron chi connectivity index (χ3n) is 7.81. The van der Waals surface area contributed by atoms with Crippen LogP contribution in [0.2, 0.25) is 0 Å². The van der Waals surface area contributed by atoms with Gasteiger partial charge in [0.2, 0.25) is 5.96 Å². The number of hydrogen-bond acceptors (Lipinski definition) is 9. The van der Waals surface area contributed by atoms with Gasteiger partial charge in [0.05, 0.1) is 23.7 Å². The average molecular weight is 557 g/mol. The maximum Gasteiger partial charge on any atom is 0.206 e. The van der Waals surface area contributed by atoms with Gasteiger partial charge >= 0.3 is 0 Å². The molecule has 1 spiro atoms. The fraction of sp³-hybridized carbons (Fsp3) is 0.556. The van der Waals surface area contributed by atoms with E-state index in [4.69, 9.17) is 9.73 Å². The third kappa shape index (κ3) is 4.92. The molecular formula is C27H36N6O3S2. The van der Waals surface area contributed by atoms with Crippen LogP contribution in [-0.2, 0) is 27.9 Å². The van der Waals surface area contributed by atoms with E-state index in [1.807, 2.05) is 62.7 Å². The molecule has 5 rings (SSSR count). The van der Waals surface area contributed by atoms with Gasteiger partial charge in [0.1, 0.15) is 16.1 Å². The first-order chi connectivity index (χ1) is 18.0. The fourth-order valence-corrected chi connectivity index (χ4v) is 7.51. The number of nitrogens with zero attached hydrogens (tertiary/aromatic N) is 5. The molecule has 3 aliphatic heterocycles. The molecule has 2 fully saturated rings. The maximum atomic E-state index is 12.9. The number of thioether (sulfide) groups is 1. The molecule has 2 aromatic heterocycles. The number of aliphatic imine (C=N–C) groups is 1. The SMILES string of the molecule is C[C@@H]1OCC2(CCN(C3=NC=C(Sc4ccnc5c4ccn5C)C(=C=O)N3C)CC2)[C@@H]1N[S+]([O-])C(C)(C)C. The normalized spacial score (nSPS) is 24.6. The Kier molecular flexibility index (Phi) is 7.45. The van der Waals surface area contributed by atoms with Gasteiger partial charge in [-0.3, -0.25) is 0 Å². The van der Waals surface area contributed by atoms with E-state index in [1.54, 1.807) is 12.4 Å². The first kappa shape index (κ1) is 27.3. The summed E-state index contributed by atoms with van der Waals surface area (Å²) in [6.45, 7) is 10.2. The second-order valence-electron chi connectivity index (χ2n) is 11.3. The highest BCUT2D eigenvalue weighted by atomic mass is 32.2. The van der Waals surface area contributed by atoms with Crippen LogP contribution in [0.25, 0.3) is 11.0 Å². The number of rotatable bonds is 4. The van der Waals surface area contributed by atoms with E-state index in [0.717, 1.165) is 52.7 Å². The molecule has 0 amide bonds. The summed E-state index contributed by atoms with van der Waals surface area (Å²) < 4.78 is 24.0. The van der Waals surface area contributed by atoms with Crippen molar-refractivity contribution in [1.82, 2.24) is 24.1 Å². The molecule has 5 heterocycles. The minimum Gasteiger partial charge on any atom is -0.598 e. The van der Waals surface area contributed by atoms with Gasteiger partial charge in [0.25, 0.3) is 0 Å². The molecule has 3 aliphatic rings. The lowest BCUT2D eigenvalue weighted by Gasteiger charge is -2.45. The van der Waals surface area contributed by atoms with E-state index < -0.39 is 11.4 Å². The molecule has 0 aliphatic carbocycles. The van der Waals surface area contributed by atoms with Crippen LogP contribution in [-0.4, -0.2) is 79.4 Å². The Hall–Kier alpha value is -2.27. The zero-order valence-electron chi connectivity index (χ0n) is 22.9. The van der Waals surface area contributed by atoms with Gasteiger partial charge < -0.3 is 23.7 Å². The van der Waals surface area contributed by atoms with E-state index in [9.17, 15) is 9.35 Å². The number of guanidine groups is 1. The lowest BCUT2D eigenvalue weighted by atomic mass is 9.73. The maximum absolute atomic E-state index is 12.9. The molecule has 0 aromatic carbocycles. The summed E-state index contributed by atoms with van der Waals surface area (Å²) in [7, 11) is 3.84. The Labute approximate surface area is 231 Å². The number of likely N-dealkylation sites (N-methyl/N-ethyl adjacent to an activating group) is 1. The fourth-order valence-electron chi connectivity index (χ4n) is 5.47. The predicted molar refractivity (Wildman–Crippen MR) is 153 cm³/mol. The van der Waals surface area contributed by atoms with Crippen LogP contribution in [0.4, 0.5) is 0 Å². The lowest BCUT2D eigenvalue weighted by molar-refractivity contribution is 0.0820. The molecule has 0 saturated carbocycles. The summed E-state index contributed by atoms with van der Waals surface area (Å²) in [5.41, 5.74) is 1.29. The quantitative estimate of drug-likeness (QED) is 0.452. The number of likely N-dealkylation sites (tertiary alicyclic amines) is 1. The average Bonchev–Trinajstić information content (AvgIpc) is 3.40. The van der Waals surface area contributed by atoms with E-state index >= 15 is 0 Å². The Morgan fingerprint density at radius 2 is 2.00 bits per heavy atom. The topological polar surface area (TPSA) is 98.0 Å². The summed E-state index contributed by atoms with van der Waals surface area (Å²) in [5.74, 6) is 2.90. The van der Waals surface area contributed by atoms with Crippen molar-refractivity contribution in [3.8, 4) is 0 Å². The molecule has 9 nitrogen and oxygen atoms in total. The van der Waals surface area contributed by atoms with E-state index in [1.165, 1.54) is 11.8 Å². The Morgan fingerprint density at radius 1 is 1.26 bits per heavy atom. The third-order valence-corrected chi connectivity index (χ3v) is 10.5. The van der Waals surface area contributed by atoms with Gasteiger partial charge in [-0.15, -0.1) is 4.72 Å². The number of aryl methyl sites for hydroxylation is 1. The molecule has 0 radical (unpaired) electrons. The Morgan fingerprint density at radius 3 is 2.68 bits per heavy atom. The van der Waals surface area contributed by atoms with E-state index in [-0.39, 0.29) is 22.3 Å². The van der Waals surface area contributed by atoms with Crippen molar-refractivity contribution in [2.45, 2.75) is 62.3 Å². The van der Waals surface area contributed by atoms with Gasteiger partial charge in [0.15, 0.2) is 5.94 Å². The molecule has 11 heteroatoms. The van der Waals surface area contributed by atoms with Gasteiger partial charge in [0, 0.05) is 72.8 Å². The van der Waals surface area contributed by atoms with Crippen LogP contribution in [0, 0.1) is 5.41 Å². The molecule has 2 aromatic rings. The molecule has 38 heavy (non-hydrogen) atoms. The van der Waals surface area contributed by atoms with Crippen molar-refractivity contribution in [1.29, 1.82) is 0 Å². The van der Waals surface area contributed by atoms with Gasteiger partial charge in [-0.25, -0.2) is 14.8 Å². The summed E-state index contributed by atoms with van der Waals surface area (Å²) in [4.78, 5) is 27.2. The van der Waals surface area contributed by atoms with Crippen LogP contribution < -0.4 is 4.72 Å². The first-order valence-electron chi connectivity index (χ1n) is 12.9. The van der Waals surface area contributed by atoms with Crippen LogP contribution in [0.15, 0.2) is 51.2 Å². The predicted octanol–water partition coefficient (Wildman–Crippen LogP) is 3.45. The summed E-state index contributed by atoms with van der Waals surface area (Å²) in [5, 5.41) is 1.04. The second kappa shape index (κ2) is 10.4. The number of piperidine rings is 1. The minimum atomic E-state index is -1.17. The molecule has 0 bridgehead atoms. The van der Waals surface area contributed by atoms with Crippen molar-refractivity contribution >= 4 is 46.1 Å². The van der Waals surface area contributed by atoms with Crippen LogP contribution in [0.3, 0.4) is 0 Å². The molecule has 1 N–H and O–H groups in total. The summed E-state index contributed by atoms with van der Waals surface area (Å²) in [6, 6.07) is 4.02. The van der Waals surface area contributed by atoms with Crippen molar-refractivity contribution < 1.29 is 14.1 Å². The zero-order valence-corrected chi connectivity index (χ0v) is 24.5. The highest BCUT2D eigenvalue weighted by molar-refractivity contribution is 8.03. The van der Waals surface area contributed by atoms with Crippen LogP contribution in [0.5, 0.6) is 0 Å². The van der Waals surface area contributed by atoms with Crippen molar-refractivity contribution in [3.05, 3.63) is 41.3 Å². The number of ether oxygens (including phenoxy) is 1. The van der Waals surface area contributed by atoms with Crippen molar-refractivity contribution in [2.75, 3.05) is 26.7 Å². The van der Waals surface area contributed by atoms with E-state index in [0.29, 0.717) is 12.3 Å². The Balaban J connectivity index is 1.33. The highest BCUT2D eigenvalue weighted by Gasteiger charge is 2.52. The van der Waals surface area contributed by atoms with E-state index in [2.05, 4.69) is 27.5 Å². The number of nitrogens with one attached hydrogen (secondary N) is 1. The largest absolute Gasteiger partial charge is 0.598 e. The molecule has 204 valence electrons. The van der Waals surface area contributed by atoms with Gasteiger partial charge in [-0.1, -0.05) is 11.8 Å². The number of aromatic nitrogens is 2. The van der Waals surface area contributed by atoms with Crippen molar-refractivity contribution in [3.63, 3.8) is 0 Å². The number of hydrogen-bond donors (Lipinski definition) is 1. The summed E-state index contributed by atoms with van der Waals surface area (Å²) >= 11 is 0.337. The monoisotopic (exact) mass is 556 g/mol. The zero-order chi connectivity index (χ0) is 27.2.